The minimum absolute atomic E-state index is 0.0949. The van der Waals surface area contributed by atoms with Gasteiger partial charge in [-0.05, 0) is 63.7 Å². The highest BCUT2D eigenvalue weighted by Gasteiger charge is 2.52. The average Bonchev–Trinajstić information content (AvgIpc) is 2.67. The Bertz CT molecular complexity index is 649. The molecule has 130 valence electrons. The van der Waals surface area contributed by atoms with Gasteiger partial charge in [0.1, 0.15) is 0 Å². The molecule has 1 aliphatic rings. The first-order valence-corrected chi connectivity index (χ1v) is 9.27. The van der Waals surface area contributed by atoms with Gasteiger partial charge in [-0.1, -0.05) is 36.0 Å². The van der Waals surface area contributed by atoms with Crippen LogP contribution in [0.2, 0.25) is 0 Å². The number of rotatable bonds is 4. The summed E-state index contributed by atoms with van der Waals surface area (Å²) in [4.78, 5) is 11.4. The van der Waals surface area contributed by atoms with E-state index in [2.05, 4.69) is 38.1 Å². The summed E-state index contributed by atoms with van der Waals surface area (Å²) in [6.45, 7) is 14.0. The Labute approximate surface area is 150 Å². The van der Waals surface area contributed by atoms with Crippen molar-refractivity contribution in [2.45, 2.75) is 59.7 Å². The fourth-order valence-electron chi connectivity index (χ4n) is 2.43. The van der Waals surface area contributed by atoms with Crippen LogP contribution in [-0.2, 0) is 14.1 Å². The second-order valence-electron chi connectivity index (χ2n) is 7.43. The molecule has 2 rings (SSSR count). The normalized spacial score (nSPS) is 19.6. The zero-order chi connectivity index (χ0) is 18.1. The predicted molar refractivity (Wildman–Crippen MR) is 103 cm³/mol. The number of carbonyl (C=O) groups is 1. The van der Waals surface area contributed by atoms with Gasteiger partial charge in [0.15, 0.2) is 5.12 Å². The molecule has 24 heavy (non-hydrogen) atoms. The van der Waals surface area contributed by atoms with Gasteiger partial charge in [-0.3, -0.25) is 4.79 Å². The van der Waals surface area contributed by atoms with Crippen LogP contribution < -0.4 is 0 Å². The summed E-state index contributed by atoms with van der Waals surface area (Å²) in [5.41, 5.74) is 3.82. The van der Waals surface area contributed by atoms with Gasteiger partial charge in [-0.25, -0.2) is 0 Å². The third-order valence-electron chi connectivity index (χ3n) is 4.88. The van der Waals surface area contributed by atoms with E-state index in [1.54, 1.807) is 6.92 Å². The van der Waals surface area contributed by atoms with Crippen molar-refractivity contribution in [3.63, 3.8) is 0 Å². The molecule has 0 bridgehead atoms. The first-order valence-electron chi connectivity index (χ1n) is 8.28. The van der Waals surface area contributed by atoms with E-state index < -0.39 is 7.12 Å². The smallest absolute Gasteiger partial charge is 0.400 e. The van der Waals surface area contributed by atoms with Crippen LogP contribution in [0, 0.1) is 13.8 Å². The lowest BCUT2D eigenvalue weighted by Crippen LogP contribution is -2.41. The summed E-state index contributed by atoms with van der Waals surface area (Å²) in [6, 6.07) is 6.35. The Morgan fingerprint density at radius 1 is 1.12 bits per heavy atom. The van der Waals surface area contributed by atoms with Gasteiger partial charge >= 0.3 is 7.12 Å². The van der Waals surface area contributed by atoms with Crippen molar-refractivity contribution in [2.75, 3.05) is 5.75 Å². The molecule has 0 atom stereocenters. The predicted octanol–water partition coefficient (Wildman–Crippen LogP) is 4.60. The molecule has 0 unspecified atom stereocenters. The van der Waals surface area contributed by atoms with Crippen molar-refractivity contribution in [3.05, 3.63) is 40.4 Å². The van der Waals surface area contributed by atoms with E-state index in [1.807, 2.05) is 27.7 Å². The van der Waals surface area contributed by atoms with Gasteiger partial charge < -0.3 is 9.31 Å². The number of thioether (sulfide) groups is 1. The molecule has 5 heteroatoms. The van der Waals surface area contributed by atoms with E-state index in [0.29, 0.717) is 5.75 Å². The van der Waals surface area contributed by atoms with Gasteiger partial charge in [-0.2, -0.15) is 0 Å². The highest BCUT2D eigenvalue weighted by Crippen LogP contribution is 2.39. The first-order chi connectivity index (χ1) is 11.0. The second-order valence-corrected chi connectivity index (χ2v) is 8.58. The molecule has 0 spiro atoms. The van der Waals surface area contributed by atoms with E-state index in [9.17, 15) is 4.79 Å². The van der Waals surface area contributed by atoms with E-state index >= 15 is 0 Å². The van der Waals surface area contributed by atoms with E-state index in [-0.39, 0.29) is 16.3 Å². The second kappa shape index (κ2) is 7.07. The lowest BCUT2D eigenvalue weighted by atomic mass is 9.78. The van der Waals surface area contributed by atoms with Crippen LogP contribution in [0.15, 0.2) is 23.7 Å². The van der Waals surface area contributed by atoms with Crippen LogP contribution in [0.5, 0.6) is 0 Å². The maximum atomic E-state index is 11.4. The zero-order valence-electron chi connectivity index (χ0n) is 15.7. The molecule has 0 aromatic heterocycles. The standard InChI is InChI=1S/C19H27BO3S/c1-13-8-9-16(10-14(13)2)11-17(12-24-15(3)21)20-22-18(4,5)19(6,7)23-20/h8-11H,12H2,1-7H3. The average molecular weight is 346 g/mol. The molecule has 0 radical (unpaired) electrons. The van der Waals surface area contributed by atoms with Crippen molar-refractivity contribution in [1.29, 1.82) is 0 Å². The lowest BCUT2D eigenvalue weighted by molar-refractivity contribution is -0.109. The van der Waals surface area contributed by atoms with Crippen molar-refractivity contribution < 1.29 is 14.1 Å². The molecule has 1 aliphatic heterocycles. The number of hydrogen-bond donors (Lipinski definition) is 0. The Hall–Kier alpha value is -1.04. The highest BCUT2D eigenvalue weighted by molar-refractivity contribution is 8.13. The van der Waals surface area contributed by atoms with Crippen molar-refractivity contribution in [2.24, 2.45) is 0 Å². The Balaban J connectivity index is 2.33. The van der Waals surface area contributed by atoms with Crippen LogP contribution in [0.4, 0.5) is 0 Å². The van der Waals surface area contributed by atoms with E-state index in [0.717, 1.165) is 11.0 Å². The van der Waals surface area contributed by atoms with E-state index in [4.69, 9.17) is 9.31 Å². The Morgan fingerprint density at radius 2 is 1.71 bits per heavy atom. The number of hydrogen-bond acceptors (Lipinski definition) is 4. The van der Waals surface area contributed by atoms with Gasteiger partial charge in [0.25, 0.3) is 0 Å². The summed E-state index contributed by atoms with van der Waals surface area (Å²) in [5, 5.41) is 0.0949. The molecule has 0 aliphatic carbocycles. The Morgan fingerprint density at radius 3 is 2.21 bits per heavy atom. The number of aryl methyl sites for hydroxylation is 2. The van der Waals surface area contributed by atoms with Gasteiger partial charge in [0.2, 0.25) is 0 Å². The zero-order valence-corrected chi connectivity index (χ0v) is 16.5. The maximum absolute atomic E-state index is 11.4. The minimum atomic E-state index is -0.427. The quantitative estimate of drug-likeness (QED) is 0.747. The highest BCUT2D eigenvalue weighted by atomic mass is 32.2. The largest absolute Gasteiger partial charge is 0.491 e. The summed E-state index contributed by atoms with van der Waals surface area (Å²) in [5.74, 6) is 0.569. The van der Waals surface area contributed by atoms with Crippen LogP contribution in [0.1, 0.15) is 51.3 Å². The third-order valence-corrected chi connectivity index (χ3v) is 5.77. The van der Waals surface area contributed by atoms with Crippen LogP contribution in [0.25, 0.3) is 6.08 Å². The fourth-order valence-corrected chi connectivity index (χ4v) is 3.01. The molecule has 3 nitrogen and oxygen atoms in total. The molecule has 1 aromatic carbocycles. The molecular formula is C19H27BO3S. The molecule has 0 amide bonds. The summed E-state index contributed by atoms with van der Waals surface area (Å²) >= 11 is 1.29. The minimum Gasteiger partial charge on any atom is -0.400 e. The summed E-state index contributed by atoms with van der Waals surface area (Å²) in [6.07, 6.45) is 2.09. The van der Waals surface area contributed by atoms with Crippen LogP contribution >= 0.6 is 11.8 Å². The molecule has 1 fully saturated rings. The lowest BCUT2D eigenvalue weighted by Gasteiger charge is -2.32. The van der Waals surface area contributed by atoms with Crippen LogP contribution in [0.3, 0.4) is 0 Å². The maximum Gasteiger partial charge on any atom is 0.491 e. The Kier molecular flexibility index (Phi) is 5.68. The monoisotopic (exact) mass is 346 g/mol. The third kappa shape index (κ3) is 4.32. The molecule has 0 saturated carbocycles. The topological polar surface area (TPSA) is 35.5 Å². The van der Waals surface area contributed by atoms with Crippen LogP contribution in [-0.4, -0.2) is 29.2 Å². The van der Waals surface area contributed by atoms with Crippen molar-refractivity contribution in [3.8, 4) is 0 Å². The van der Waals surface area contributed by atoms with E-state index in [1.165, 1.54) is 22.9 Å². The molecule has 1 heterocycles. The number of benzene rings is 1. The fraction of sp³-hybridized carbons (Fsp3) is 0.526. The van der Waals surface area contributed by atoms with Gasteiger partial charge in [0, 0.05) is 12.7 Å². The molecular weight excluding hydrogens is 319 g/mol. The number of carbonyl (C=O) groups excluding carboxylic acids is 1. The van der Waals surface area contributed by atoms with Gasteiger partial charge in [0.05, 0.1) is 11.2 Å². The molecule has 0 N–H and O–H groups in total. The van der Waals surface area contributed by atoms with Crippen molar-refractivity contribution in [1.82, 2.24) is 0 Å². The first kappa shape index (κ1) is 19.3. The van der Waals surface area contributed by atoms with Crippen molar-refractivity contribution >= 4 is 30.1 Å². The molecule has 1 saturated heterocycles. The summed E-state index contributed by atoms with van der Waals surface area (Å²) < 4.78 is 12.3. The SMILES string of the molecule is CC(=O)SCC(=Cc1ccc(C)c(C)c1)B1OC(C)(C)C(C)(C)O1. The summed E-state index contributed by atoms with van der Waals surface area (Å²) in [7, 11) is -0.427. The molecule has 1 aromatic rings. The van der Waals surface area contributed by atoms with Gasteiger partial charge in [-0.15, -0.1) is 0 Å².